The summed E-state index contributed by atoms with van der Waals surface area (Å²) in [5.41, 5.74) is 0. The zero-order chi connectivity index (χ0) is 17.6. The van der Waals surface area contributed by atoms with Gasteiger partial charge in [-0.15, -0.1) is 24.0 Å². The van der Waals surface area contributed by atoms with E-state index in [1.165, 1.54) is 38.9 Å². The molecule has 2 heterocycles. The van der Waals surface area contributed by atoms with Gasteiger partial charge < -0.3 is 15.1 Å². The quantitative estimate of drug-likeness (QED) is 0.358. The fourth-order valence-electron chi connectivity index (χ4n) is 3.47. The lowest BCUT2D eigenvalue weighted by molar-refractivity contribution is 0.281. The molecule has 0 radical (unpaired) electrons. The summed E-state index contributed by atoms with van der Waals surface area (Å²) in [5, 5.41) is 3.41. The van der Waals surface area contributed by atoms with Crippen molar-refractivity contribution >= 4 is 40.7 Å². The zero-order valence-corrected chi connectivity index (χ0v) is 19.6. The summed E-state index contributed by atoms with van der Waals surface area (Å²) in [4.78, 5) is 9.75. The Morgan fingerprint density at radius 1 is 1.24 bits per heavy atom. The molecule has 0 bridgehead atoms. The molecule has 25 heavy (non-hydrogen) atoms. The SMILES string of the molecule is CCNC(=NCCS(=O)C(C)(C)C)N1CCC(CN2CCCC2)C1.I. The van der Waals surface area contributed by atoms with Gasteiger partial charge in [0.1, 0.15) is 0 Å². The second-order valence-corrected chi connectivity index (χ2v) is 10.3. The molecule has 2 rings (SSSR count). The van der Waals surface area contributed by atoms with E-state index in [4.69, 9.17) is 4.99 Å². The maximum Gasteiger partial charge on any atom is 0.193 e. The van der Waals surface area contributed by atoms with Crippen LogP contribution in [0.1, 0.15) is 47.0 Å². The molecule has 2 fully saturated rings. The largest absolute Gasteiger partial charge is 0.357 e. The first-order valence-electron chi connectivity index (χ1n) is 9.54. The van der Waals surface area contributed by atoms with Crippen molar-refractivity contribution in [3.63, 3.8) is 0 Å². The normalized spacial score (nSPS) is 23.6. The number of aliphatic imine (C=N–C) groups is 1. The van der Waals surface area contributed by atoms with Crippen LogP contribution in [0.5, 0.6) is 0 Å². The number of guanidine groups is 1. The van der Waals surface area contributed by atoms with Crippen LogP contribution in [0.15, 0.2) is 4.99 Å². The number of nitrogens with zero attached hydrogens (tertiary/aromatic N) is 3. The Hall–Kier alpha value is 0.110. The van der Waals surface area contributed by atoms with Gasteiger partial charge >= 0.3 is 0 Å². The smallest absolute Gasteiger partial charge is 0.193 e. The Labute approximate surface area is 173 Å². The summed E-state index contributed by atoms with van der Waals surface area (Å²) in [6.07, 6.45) is 3.99. The van der Waals surface area contributed by atoms with E-state index in [9.17, 15) is 4.21 Å². The molecular formula is C18H37IN4OS. The fourth-order valence-corrected chi connectivity index (χ4v) is 4.34. The highest BCUT2D eigenvalue weighted by atomic mass is 127. The first-order valence-corrected chi connectivity index (χ1v) is 10.9. The van der Waals surface area contributed by atoms with Crippen LogP contribution in [-0.4, -0.2) is 76.3 Å². The molecule has 2 unspecified atom stereocenters. The number of halogens is 1. The van der Waals surface area contributed by atoms with E-state index in [0.29, 0.717) is 12.3 Å². The summed E-state index contributed by atoms with van der Waals surface area (Å²) in [5.74, 6) is 2.41. The highest BCUT2D eigenvalue weighted by molar-refractivity contribution is 14.0. The van der Waals surface area contributed by atoms with Crippen LogP contribution < -0.4 is 5.32 Å². The third kappa shape index (κ3) is 7.71. The van der Waals surface area contributed by atoms with Crippen molar-refractivity contribution in [2.75, 3.05) is 51.6 Å². The molecule has 0 aliphatic carbocycles. The predicted molar refractivity (Wildman–Crippen MR) is 120 cm³/mol. The molecule has 0 aromatic heterocycles. The number of hydrogen-bond acceptors (Lipinski definition) is 3. The minimum absolute atomic E-state index is 0. The van der Waals surface area contributed by atoms with Crippen molar-refractivity contribution in [2.24, 2.45) is 10.9 Å². The molecule has 0 aromatic carbocycles. The van der Waals surface area contributed by atoms with Gasteiger partial charge in [0, 0.05) is 47.5 Å². The van der Waals surface area contributed by atoms with E-state index in [1.807, 2.05) is 20.8 Å². The monoisotopic (exact) mass is 484 g/mol. The maximum atomic E-state index is 12.2. The first-order chi connectivity index (χ1) is 11.4. The fraction of sp³-hybridized carbons (Fsp3) is 0.944. The molecule has 1 N–H and O–H groups in total. The average Bonchev–Trinajstić information content (AvgIpc) is 3.17. The molecule has 7 heteroatoms. The van der Waals surface area contributed by atoms with E-state index >= 15 is 0 Å². The summed E-state index contributed by atoms with van der Waals surface area (Å²) in [7, 11) is -0.830. The number of rotatable bonds is 6. The zero-order valence-electron chi connectivity index (χ0n) is 16.4. The lowest BCUT2D eigenvalue weighted by atomic mass is 10.1. The third-order valence-electron chi connectivity index (χ3n) is 4.86. The van der Waals surface area contributed by atoms with Gasteiger partial charge in [0.15, 0.2) is 5.96 Å². The molecule has 0 amide bonds. The van der Waals surface area contributed by atoms with Crippen molar-refractivity contribution in [3.8, 4) is 0 Å². The minimum Gasteiger partial charge on any atom is -0.357 e. The first kappa shape index (κ1) is 23.1. The third-order valence-corrected chi connectivity index (χ3v) is 6.78. The van der Waals surface area contributed by atoms with Crippen LogP contribution in [0.3, 0.4) is 0 Å². The van der Waals surface area contributed by atoms with Gasteiger partial charge in [-0.2, -0.15) is 0 Å². The molecule has 2 aliphatic rings. The van der Waals surface area contributed by atoms with Gasteiger partial charge in [0.25, 0.3) is 0 Å². The molecule has 5 nitrogen and oxygen atoms in total. The topological polar surface area (TPSA) is 47.9 Å². The van der Waals surface area contributed by atoms with Gasteiger partial charge in [0.05, 0.1) is 6.54 Å². The second-order valence-electron chi connectivity index (χ2n) is 8.01. The van der Waals surface area contributed by atoms with Crippen LogP contribution in [0.2, 0.25) is 0 Å². The predicted octanol–water partition coefficient (Wildman–Crippen LogP) is 2.53. The Morgan fingerprint density at radius 2 is 1.92 bits per heavy atom. The van der Waals surface area contributed by atoms with E-state index in [1.54, 1.807) is 0 Å². The summed E-state index contributed by atoms with van der Waals surface area (Å²) in [6.45, 7) is 15.7. The van der Waals surface area contributed by atoms with Crippen molar-refractivity contribution in [2.45, 2.75) is 51.7 Å². The molecule has 0 saturated carbocycles. The molecule has 2 atom stereocenters. The molecule has 0 spiro atoms. The standard InChI is InChI=1S/C18H36N4OS.HI/c1-5-19-17(20-9-13-24(23)18(2,3)4)22-12-8-16(15-22)14-21-10-6-7-11-21;/h16H,5-15H2,1-4H3,(H,19,20);1H. The van der Waals surface area contributed by atoms with Crippen molar-refractivity contribution in [3.05, 3.63) is 0 Å². The van der Waals surface area contributed by atoms with E-state index < -0.39 is 10.8 Å². The van der Waals surface area contributed by atoms with Crippen LogP contribution in [0.25, 0.3) is 0 Å². The Kier molecular flexibility index (Phi) is 10.2. The lowest BCUT2D eigenvalue weighted by Crippen LogP contribution is -2.41. The Balaban J connectivity index is 0.00000312. The van der Waals surface area contributed by atoms with Crippen molar-refractivity contribution in [1.82, 2.24) is 15.1 Å². The molecule has 2 aliphatic heterocycles. The second kappa shape index (κ2) is 11.1. The Morgan fingerprint density at radius 3 is 2.52 bits per heavy atom. The van der Waals surface area contributed by atoms with Crippen LogP contribution in [0, 0.1) is 5.92 Å². The van der Waals surface area contributed by atoms with Crippen LogP contribution in [0.4, 0.5) is 0 Å². The molecule has 148 valence electrons. The summed E-state index contributed by atoms with van der Waals surface area (Å²) < 4.78 is 12.0. The molecular weight excluding hydrogens is 447 g/mol. The van der Waals surface area contributed by atoms with E-state index in [2.05, 4.69) is 22.0 Å². The molecule has 2 saturated heterocycles. The van der Waals surface area contributed by atoms with Gasteiger partial charge in [-0.25, -0.2) is 0 Å². The van der Waals surface area contributed by atoms with Crippen molar-refractivity contribution in [1.29, 1.82) is 0 Å². The van der Waals surface area contributed by atoms with Gasteiger partial charge in [-0.1, -0.05) is 0 Å². The van der Waals surface area contributed by atoms with Gasteiger partial charge in [-0.3, -0.25) is 9.20 Å². The maximum absolute atomic E-state index is 12.2. The van der Waals surface area contributed by atoms with E-state index in [0.717, 1.165) is 31.5 Å². The molecule has 0 aromatic rings. The van der Waals surface area contributed by atoms with Crippen LogP contribution >= 0.6 is 24.0 Å². The minimum atomic E-state index is -0.830. The number of hydrogen-bond donors (Lipinski definition) is 1. The average molecular weight is 484 g/mol. The number of likely N-dealkylation sites (tertiary alicyclic amines) is 2. The van der Waals surface area contributed by atoms with Crippen LogP contribution in [-0.2, 0) is 10.8 Å². The lowest BCUT2D eigenvalue weighted by Gasteiger charge is -2.23. The van der Waals surface area contributed by atoms with Crippen molar-refractivity contribution < 1.29 is 4.21 Å². The highest BCUT2D eigenvalue weighted by Gasteiger charge is 2.27. The summed E-state index contributed by atoms with van der Waals surface area (Å²) in [6, 6.07) is 0. The summed E-state index contributed by atoms with van der Waals surface area (Å²) >= 11 is 0. The Bertz CT molecular complexity index is 447. The van der Waals surface area contributed by atoms with Gasteiger partial charge in [-0.05, 0) is 66.0 Å². The van der Waals surface area contributed by atoms with E-state index in [-0.39, 0.29) is 28.7 Å². The van der Waals surface area contributed by atoms with Gasteiger partial charge in [0.2, 0.25) is 0 Å². The number of nitrogens with one attached hydrogen (secondary N) is 1. The highest BCUT2D eigenvalue weighted by Crippen LogP contribution is 2.20.